The quantitative estimate of drug-likeness (QED) is 0.588. The summed E-state index contributed by atoms with van der Waals surface area (Å²) in [6.45, 7) is 3.32. The van der Waals surface area contributed by atoms with Crippen molar-refractivity contribution in [3.05, 3.63) is 0 Å². The molecule has 0 aromatic heterocycles. The Hall–Kier alpha value is -1.10. The van der Waals surface area contributed by atoms with E-state index in [0.29, 0.717) is 0 Å². The fraction of sp³-hybridized carbons (Fsp3) is 0.750. The van der Waals surface area contributed by atoms with E-state index in [4.69, 9.17) is 5.73 Å². The minimum Gasteiger partial charge on any atom is -0.368 e. The molecule has 0 aliphatic rings. The number of carbonyl (C=O) groups excluding carboxylic acids is 2. The van der Waals surface area contributed by atoms with Gasteiger partial charge in [-0.3, -0.25) is 14.9 Å². The second kappa shape index (κ2) is 4.81. The highest BCUT2D eigenvalue weighted by Crippen LogP contribution is 1.91. The molecule has 0 aliphatic heterocycles. The van der Waals surface area contributed by atoms with E-state index < -0.39 is 18.0 Å². The zero-order chi connectivity index (χ0) is 10.6. The number of likely N-dealkylation sites (N-methyl/N-ethyl adjacent to an activating group) is 1. The van der Waals surface area contributed by atoms with Crippen LogP contribution < -0.4 is 11.1 Å². The number of carbonyl (C=O) groups is 2. The third-order valence-electron chi connectivity index (χ3n) is 1.74. The van der Waals surface area contributed by atoms with Crippen molar-refractivity contribution in [1.29, 1.82) is 0 Å². The molecule has 5 nitrogen and oxygen atoms in total. The highest BCUT2D eigenvalue weighted by molar-refractivity contribution is 5.83. The molecule has 2 unspecified atom stereocenters. The van der Waals surface area contributed by atoms with Gasteiger partial charge >= 0.3 is 0 Å². The van der Waals surface area contributed by atoms with Gasteiger partial charge in [0.05, 0.1) is 12.1 Å². The van der Waals surface area contributed by atoms with Crippen LogP contribution in [-0.4, -0.2) is 42.9 Å². The van der Waals surface area contributed by atoms with Gasteiger partial charge in [0.15, 0.2) is 0 Å². The second-order valence-electron chi connectivity index (χ2n) is 3.25. The van der Waals surface area contributed by atoms with Gasteiger partial charge in [0.25, 0.3) is 0 Å². The summed E-state index contributed by atoms with van der Waals surface area (Å²) in [4.78, 5) is 23.4. The van der Waals surface area contributed by atoms with Crippen molar-refractivity contribution in [2.45, 2.75) is 25.9 Å². The fourth-order valence-corrected chi connectivity index (χ4v) is 0.916. The minimum absolute atomic E-state index is 0.0758. The van der Waals surface area contributed by atoms with Crippen molar-refractivity contribution in [3.63, 3.8) is 0 Å². The number of amides is 2. The molecule has 3 N–H and O–H groups in total. The van der Waals surface area contributed by atoms with Crippen molar-refractivity contribution in [1.82, 2.24) is 10.2 Å². The predicted octanol–water partition coefficient (Wildman–Crippen LogP) is -1.07. The molecular weight excluding hydrogens is 170 g/mol. The zero-order valence-corrected chi connectivity index (χ0v) is 8.50. The van der Waals surface area contributed by atoms with Crippen LogP contribution in [0.3, 0.4) is 0 Å². The Morgan fingerprint density at radius 1 is 1.23 bits per heavy atom. The standard InChI is InChI=1S/C8H17N3O2/c1-5(7(9)12)10-6(2)8(13)11(3)4/h5-6,10H,1-4H3,(H2,9,12). The van der Waals surface area contributed by atoms with Crippen LogP contribution >= 0.6 is 0 Å². The minimum atomic E-state index is -0.487. The number of hydrogen-bond donors (Lipinski definition) is 2. The highest BCUT2D eigenvalue weighted by atomic mass is 16.2. The molecule has 0 aromatic rings. The van der Waals surface area contributed by atoms with Gasteiger partial charge in [-0.2, -0.15) is 0 Å². The first-order valence-corrected chi connectivity index (χ1v) is 4.12. The lowest BCUT2D eigenvalue weighted by molar-refractivity contribution is -0.131. The molecule has 0 heterocycles. The Morgan fingerprint density at radius 2 is 1.69 bits per heavy atom. The van der Waals surface area contributed by atoms with Crippen LogP contribution in [0.2, 0.25) is 0 Å². The molecule has 0 radical (unpaired) electrons. The molecule has 0 rings (SSSR count). The monoisotopic (exact) mass is 187 g/mol. The molecule has 0 bridgehead atoms. The maximum Gasteiger partial charge on any atom is 0.238 e. The smallest absolute Gasteiger partial charge is 0.238 e. The van der Waals surface area contributed by atoms with Crippen molar-refractivity contribution < 1.29 is 9.59 Å². The maximum absolute atomic E-state index is 11.3. The lowest BCUT2D eigenvalue weighted by atomic mass is 10.2. The molecule has 13 heavy (non-hydrogen) atoms. The Balaban J connectivity index is 4.07. The van der Waals surface area contributed by atoms with E-state index in [9.17, 15) is 9.59 Å². The number of hydrogen-bond acceptors (Lipinski definition) is 3. The molecule has 0 fully saturated rings. The number of nitrogens with one attached hydrogen (secondary N) is 1. The van der Waals surface area contributed by atoms with Gasteiger partial charge in [0.1, 0.15) is 0 Å². The van der Waals surface area contributed by atoms with Gasteiger partial charge in [-0.25, -0.2) is 0 Å². The van der Waals surface area contributed by atoms with Crippen LogP contribution in [0.25, 0.3) is 0 Å². The molecular formula is C8H17N3O2. The lowest BCUT2D eigenvalue weighted by Crippen LogP contribution is -2.49. The van der Waals surface area contributed by atoms with Crippen LogP contribution in [0.5, 0.6) is 0 Å². The summed E-state index contributed by atoms with van der Waals surface area (Å²) in [6, 6.07) is -0.878. The average Bonchev–Trinajstić information content (AvgIpc) is 2.02. The highest BCUT2D eigenvalue weighted by Gasteiger charge is 2.18. The van der Waals surface area contributed by atoms with E-state index in [0.717, 1.165) is 0 Å². The topological polar surface area (TPSA) is 75.4 Å². The van der Waals surface area contributed by atoms with Gasteiger partial charge in [-0.05, 0) is 13.8 Å². The Bertz CT molecular complexity index is 204. The molecule has 0 saturated carbocycles. The molecule has 5 heteroatoms. The van der Waals surface area contributed by atoms with Crippen LogP contribution in [0, 0.1) is 0 Å². The summed E-state index contributed by atoms with van der Waals surface area (Å²) in [6.07, 6.45) is 0. The van der Waals surface area contributed by atoms with Gasteiger partial charge in [-0.1, -0.05) is 0 Å². The van der Waals surface area contributed by atoms with Crippen molar-refractivity contribution in [2.24, 2.45) is 5.73 Å². The SMILES string of the molecule is CC(NC(C)C(=O)N(C)C)C(N)=O. The first kappa shape index (κ1) is 11.9. The van der Waals surface area contributed by atoms with Gasteiger partial charge in [-0.15, -0.1) is 0 Å². The van der Waals surface area contributed by atoms with E-state index in [1.165, 1.54) is 4.90 Å². The summed E-state index contributed by atoms with van der Waals surface area (Å²) < 4.78 is 0. The maximum atomic E-state index is 11.3. The molecule has 0 saturated heterocycles. The van der Waals surface area contributed by atoms with E-state index in [1.54, 1.807) is 27.9 Å². The molecule has 0 spiro atoms. The van der Waals surface area contributed by atoms with Gasteiger partial charge < -0.3 is 10.6 Å². The van der Waals surface area contributed by atoms with Gasteiger partial charge in [0.2, 0.25) is 11.8 Å². The largest absolute Gasteiger partial charge is 0.368 e. The number of nitrogens with zero attached hydrogens (tertiary/aromatic N) is 1. The van der Waals surface area contributed by atoms with Crippen LogP contribution in [-0.2, 0) is 9.59 Å². The third kappa shape index (κ3) is 3.89. The van der Waals surface area contributed by atoms with Crippen molar-refractivity contribution in [3.8, 4) is 0 Å². The summed E-state index contributed by atoms with van der Waals surface area (Å²) >= 11 is 0. The summed E-state index contributed by atoms with van der Waals surface area (Å²) in [5, 5.41) is 2.79. The van der Waals surface area contributed by atoms with E-state index >= 15 is 0 Å². The average molecular weight is 187 g/mol. The first-order chi connectivity index (χ1) is 5.86. The Kier molecular flexibility index (Phi) is 4.40. The molecule has 0 aliphatic carbocycles. The van der Waals surface area contributed by atoms with Crippen molar-refractivity contribution in [2.75, 3.05) is 14.1 Å². The number of nitrogens with two attached hydrogens (primary N) is 1. The molecule has 2 amide bonds. The van der Waals surface area contributed by atoms with Crippen molar-refractivity contribution >= 4 is 11.8 Å². The van der Waals surface area contributed by atoms with E-state index in [2.05, 4.69) is 5.32 Å². The number of primary amides is 1. The summed E-state index contributed by atoms with van der Waals surface area (Å²) in [7, 11) is 3.32. The zero-order valence-electron chi connectivity index (χ0n) is 8.50. The van der Waals surface area contributed by atoms with E-state index in [-0.39, 0.29) is 5.91 Å². The number of rotatable bonds is 4. The molecule has 0 aromatic carbocycles. The van der Waals surface area contributed by atoms with Crippen LogP contribution in [0.4, 0.5) is 0 Å². The second-order valence-corrected chi connectivity index (χ2v) is 3.25. The Labute approximate surface area is 78.3 Å². The summed E-state index contributed by atoms with van der Waals surface area (Å²) in [5.41, 5.74) is 5.03. The van der Waals surface area contributed by atoms with Crippen LogP contribution in [0.1, 0.15) is 13.8 Å². The Morgan fingerprint density at radius 3 is 2.00 bits per heavy atom. The van der Waals surface area contributed by atoms with Gasteiger partial charge in [0, 0.05) is 14.1 Å². The van der Waals surface area contributed by atoms with Crippen LogP contribution in [0.15, 0.2) is 0 Å². The normalized spacial score (nSPS) is 14.8. The third-order valence-corrected chi connectivity index (χ3v) is 1.74. The first-order valence-electron chi connectivity index (χ1n) is 4.12. The lowest BCUT2D eigenvalue weighted by Gasteiger charge is -2.20. The predicted molar refractivity (Wildman–Crippen MR) is 49.9 cm³/mol. The van der Waals surface area contributed by atoms with E-state index in [1.807, 2.05) is 0 Å². The molecule has 2 atom stereocenters. The molecule has 76 valence electrons. The summed E-state index contributed by atoms with van der Waals surface area (Å²) in [5.74, 6) is -0.536. The fourth-order valence-electron chi connectivity index (χ4n) is 0.916.